The number of halogens is 2. The highest BCUT2D eigenvalue weighted by molar-refractivity contribution is 5.93. The topological polar surface area (TPSA) is 41.6 Å². The zero-order valence-electron chi connectivity index (χ0n) is 15.0. The van der Waals surface area contributed by atoms with E-state index in [9.17, 15) is 13.6 Å². The van der Waals surface area contributed by atoms with Crippen molar-refractivity contribution >= 4 is 11.6 Å². The van der Waals surface area contributed by atoms with Crippen LogP contribution < -0.4 is 10.1 Å². The van der Waals surface area contributed by atoms with E-state index in [1.165, 1.54) is 12.1 Å². The van der Waals surface area contributed by atoms with Crippen molar-refractivity contribution in [1.29, 1.82) is 0 Å². The molecule has 4 rings (SSSR count). The Morgan fingerprint density at radius 1 is 1.11 bits per heavy atom. The van der Waals surface area contributed by atoms with Crippen LogP contribution in [-0.4, -0.2) is 30.5 Å². The Morgan fingerprint density at radius 2 is 2.00 bits per heavy atom. The average Bonchev–Trinajstić information content (AvgIpc) is 3.12. The van der Waals surface area contributed by atoms with E-state index in [1.807, 2.05) is 18.2 Å². The summed E-state index contributed by atoms with van der Waals surface area (Å²) >= 11 is 0. The second kappa shape index (κ2) is 7.64. The van der Waals surface area contributed by atoms with Crippen LogP contribution >= 0.6 is 0 Å². The van der Waals surface area contributed by atoms with Crippen molar-refractivity contribution in [2.24, 2.45) is 0 Å². The van der Waals surface area contributed by atoms with E-state index in [2.05, 4.69) is 10.2 Å². The van der Waals surface area contributed by atoms with Crippen LogP contribution in [0.15, 0.2) is 36.4 Å². The number of amides is 1. The lowest BCUT2D eigenvalue weighted by Gasteiger charge is -2.25. The lowest BCUT2D eigenvalue weighted by atomic mass is 10.0. The molecule has 0 spiro atoms. The van der Waals surface area contributed by atoms with Gasteiger partial charge < -0.3 is 10.1 Å². The fraction of sp³-hybridized carbons (Fsp3) is 0.381. The van der Waals surface area contributed by atoms with E-state index in [0.29, 0.717) is 13.0 Å². The van der Waals surface area contributed by atoms with Crippen LogP contribution in [0, 0.1) is 11.6 Å². The van der Waals surface area contributed by atoms with Crippen LogP contribution in [0.4, 0.5) is 14.5 Å². The van der Waals surface area contributed by atoms with Gasteiger partial charge in [0.1, 0.15) is 12.4 Å². The van der Waals surface area contributed by atoms with Crippen molar-refractivity contribution in [3.8, 4) is 5.75 Å². The molecule has 0 aliphatic carbocycles. The first-order chi connectivity index (χ1) is 13.1. The first-order valence-electron chi connectivity index (χ1n) is 9.35. The summed E-state index contributed by atoms with van der Waals surface area (Å²) in [7, 11) is 0. The molecule has 1 saturated heterocycles. The fourth-order valence-electron chi connectivity index (χ4n) is 3.92. The number of carbonyl (C=O) groups excluding carboxylic acids is 1. The van der Waals surface area contributed by atoms with Gasteiger partial charge in [-0.2, -0.15) is 0 Å². The molecule has 1 fully saturated rings. The third kappa shape index (κ3) is 3.95. The number of anilines is 1. The Morgan fingerprint density at radius 3 is 2.85 bits per heavy atom. The molecule has 2 heterocycles. The maximum atomic E-state index is 13.6. The number of rotatable bonds is 5. The number of hydrogen-bond acceptors (Lipinski definition) is 3. The van der Waals surface area contributed by atoms with Gasteiger partial charge in [-0.05, 0) is 67.3 Å². The van der Waals surface area contributed by atoms with Gasteiger partial charge >= 0.3 is 0 Å². The molecule has 1 N–H and O–H groups in total. The highest BCUT2D eigenvalue weighted by atomic mass is 19.2. The highest BCUT2D eigenvalue weighted by Crippen LogP contribution is 2.32. The zero-order valence-corrected chi connectivity index (χ0v) is 15.0. The SMILES string of the molecule is O=C1CCc2cc(OCCN3CCCC3c3ccc(F)c(F)c3)ccc2N1. The first-order valence-corrected chi connectivity index (χ1v) is 9.35. The van der Waals surface area contributed by atoms with Gasteiger partial charge in [0.25, 0.3) is 0 Å². The molecule has 0 radical (unpaired) electrons. The Labute approximate surface area is 157 Å². The average molecular weight is 372 g/mol. The lowest BCUT2D eigenvalue weighted by Crippen LogP contribution is -2.28. The van der Waals surface area contributed by atoms with Crippen molar-refractivity contribution in [2.45, 2.75) is 31.7 Å². The number of benzene rings is 2. The van der Waals surface area contributed by atoms with Gasteiger partial charge in [-0.15, -0.1) is 0 Å². The van der Waals surface area contributed by atoms with Gasteiger partial charge in [-0.3, -0.25) is 9.69 Å². The molecule has 0 aromatic heterocycles. The van der Waals surface area contributed by atoms with Gasteiger partial charge in [-0.1, -0.05) is 6.07 Å². The molecule has 2 aliphatic rings. The predicted molar refractivity (Wildman–Crippen MR) is 98.8 cm³/mol. The maximum Gasteiger partial charge on any atom is 0.224 e. The minimum absolute atomic E-state index is 0.0495. The summed E-state index contributed by atoms with van der Waals surface area (Å²) < 4.78 is 32.6. The summed E-state index contributed by atoms with van der Waals surface area (Å²) in [4.78, 5) is 13.7. The molecule has 27 heavy (non-hydrogen) atoms. The Bertz CT molecular complexity index is 856. The minimum Gasteiger partial charge on any atom is -0.492 e. The van der Waals surface area contributed by atoms with Gasteiger partial charge in [0.05, 0.1) is 0 Å². The van der Waals surface area contributed by atoms with Crippen LogP contribution in [0.25, 0.3) is 0 Å². The quantitative estimate of drug-likeness (QED) is 0.860. The third-order valence-electron chi connectivity index (χ3n) is 5.31. The van der Waals surface area contributed by atoms with E-state index >= 15 is 0 Å². The van der Waals surface area contributed by atoms with Crippen molar-refractivity contribution in [1.82, 2.24) is 4.90 Å². The van der Waals surface area contributed by atoms with Gasteiger partial charge in [0.2, 0.25) is 5.91 Å². The summed E-state index contributed by atoms with van der Waals surface area (Å²) in [6.07, 6.45) is 3.19. The monoisotopic (exact) mass is 372 g/mol. The predicted octanol–water partition coefficient (Wildman–Crippen LogP) is 4.07. The molecule has 0 bridgehead atoms. The van der Waals surface area contributed by atoms with Gasteiger partial charge in [-0.25, -0.2) is 8.78 Å². The number of nitrogens with zero attached hydrogens (tertiary/aromatic N) is 1. The van der Waals surface area contributed by atoms with Crippen molar-refractivity contribution in [2.75, 3.05) is 25.0 Å². The Hall–Kier alpha value is -2.47. The zero-order chi connectivity index (χ0) is 18.8. The Balaban J connectivity index is 1.35. The van der Waals surface area contributed by atoms with E-state index in [0.717, 1.165) is 54.9 Å². The van der Waals surface area contributed by atoms with Crippen LogP contribution in [0.5, 0.6) is 5.75 Å². The minimum atomic E-state index is -0.810. The maximum absolute atomic E-state index is 13.6. The second-order valence-corrected chi connectivity index (χ2v) is 7.08. The largest absolute Gasteiger partial charge is 0.492 e. The molecule has 4 nitrogen and oxygen atoms in total. The standard InChI is InChI=1S/C21H22F2N2O2/c22-17-6-3-15(13-18(17)23)20-2-1-9-25(20)10-11-27-16-5-7-19-14(12-16)4-8-21(26)24-19/h3,5-7,12-13,20H,1-2,4,8-11H2,(H,24,26). The van der Waals surface area contributed by atoms with E-state index < -0.39 is 11.6 Å². The number of likely N-dealkylation sites (tertiary alicyclic amines) is 1. The van der Waals surface area contributed by atoms with Crippen LogP contribution in [-0.2, 0) is 11.2 Å². The number of carbonyl (C=O) groups is 1. The number of hydrogen-bond donors (Lipinski definition) is 1. The molecule has 1 atom stereocenters. The van der Waals surface area contributed by atoms with Crippen molar-refractivity contribution < 1.29 is 18.3 Å². The molecule has 2 aliphatic heterocycles. The summed E-state index contributed by atoms with van der Waals surface area (Å²) in [6, 6.07) is 9.98. The number of fused-ring (bicyclic) bond motifs is 1. The highest BCUT2D eigenvalue weighted by Gasteiger charge is 2.26. The Kier molecular flexibility index (Phi) is 5.07. The molecule has 0 saturated carbocycles. The summed E-state index contributed by atoms with van der Waals surface area (Å²) in [6.45, 7) is 2.16. The van der Waals surface area contributed by atoms with Crippen molar-refractivity contribution in [3.63, 3.8) is 0 Å². The van der Waals surface area contributed by atoms with Gasteiger partial charge in [0, 0.05) is 24.7 Å². The second-order valence-electron chi connectivity index (χ2n) is 7.08. The fourth-order valence-corrected chi connectivity index (χ4v) is 3.92. The molecule has 1 unspecified atom stereocenters. The van der Waals surface area contributed by atoms with E-state index in [1.54, 1.807) is 6.07 Å². The third-order valence-corrected chi connectivity index (χ3v) is 5.31. The molecule has 142 valence electrons. The number of ether oxygens (including phenoxy) is 1. The summed E-state index contributed by atoms with van der Waals surface area (Å²) in [5.74, 6) is -0.770. The normalized spacial score (nSPS) is 19.6. The molecular formula is C21H22F2N2O2. The molecule has 2 aromatic carbocycles. The van der Waals surface area contributed by atoms with Gasteiger partial charge in [0.15, 0.2) is 11.6 Å². The number of nitrogens with one attached hydrogen (secondary N) is 1. The van der Waals surface area contributed by atoms with Crippen LogP contribution in [0.1, 0.15) is 36.4 Å². The van der Waals surface area contributed by atoms with E-state index in [-0.39, 0.29) is 11.9 Å². The first kappa shape index (κ1) is 17.9. The van der Waals surface area contributed by atoms with E-state index in [4.69, 9.17) is 4.74 Å². The molecular weight excluding hydrogens is 350 g/mol. The summed E-state index contributed by atoms with van der Waals surface area (Å²) in [5, 5.41) is 2.86. The molecule has 2 aromatic rings. The lowest BCUT2D eigenvalue weighted by molar-refractivity contribution is -0.116. The van der Waals surface area contributed by atoms with Crippen LogP contribution in [0.3, 0.4) is 0 Å². The molecule has 1 amide bonds. The smallest absolute Gasteiger partial charge is 0.224 e. The molecule has 6 heteroatoms. The van der Waals surface area contributed by atoms with Crippen LogP contribution in [0.2, 0.25) is 0 Å². The summed E-state index contributed by atoms with van der Waals surface area (Å²) in [5.41, 5.74) is 2.76. The number of aryl methyl sites for hydroxylation is 1. The van der Waals surface area contributed by atoms with Crippen molar-refractivity contribution in [3.05, 3.63) is 59.2 Å².